The third kappa shape index (κ3) is 4.07. The van der Waals surface area contributed by atoms with Gasteiger partial charge in [0.2, 0.25) is 0 Å². The van der Waals surface area contributed by atoms with E-state index in [1.165, 1.54) is 0 Å². The molecule has 1 spiro atoms. The van der Waals surface area contributed by atoms with Gasteiger partial charge in [0.25, 0.3) is 11.8 Å². The molecule has 3 aromatic carbocycles. The standard InChI is InChI=1S/C33H33Cl2N5O3/c1-8-19-13-22(27(43-7)16-26(19)38(5)6)30-37-28-29(39(30)17(2)3)33(23-12-11-20(34)14-24(23)36-32(33)42)40(31(28)41)25-15-21(35)10-9-18(25)4/h9-17H,8H2,1-7H3,(H,36,42). The zero-order chi connectivity index (χ0) is 31.0. The first kappa shape index (κ1) is 29.1. The van der Waals surface area contributed by atoms with Crippen molar-refractivity contribution in [1.82, 2.24) is 9.55 Å². The number of aryl methyl sites for hydroxylation is 2. The Morgan fingerprint density at radius 3 is 2.40 bits per heavy atom. The SMILES string of the molecule is CCc1cc(-c2nc3c(n2C(C)C)C2(C(=O)Nc4cc(Cl)ccc42)N(c2cc(Cl)ccc2C)C3=O)c(OC)cc1N(C)C. The van der Waals surface area contributed by atoms with E-state index in [9.17, 15) is 9.59 Å². The van der Waals surface area contributed by atoms with E-state index in [0.717, 1.165) is 28.8 Å². The molecule has 43 heavy (non-hydrogen) atoms. The van der Waals surface area contributed by atoms with Crippen molar-refractivity contribution in [2.45, 2.75) is 45.7 Å². The van der Waals surface area contributed by atoms with E-state index in [1.807, 2.05) is 57.6 Å². The van der Waals surface area contributed by atoms with Gasteiger partial charge in [0.1, 0.15) is 11.6 Å². The molecule has 0 aliphatic carbocycles. The Labute approximate surface area is 261 Å². The largest absolute Gasteiger partial charge is 0.496 e. The van der Waals surface area contributed by atoms with E-state index < -0.39 is 11.4 Å². The van der Waals surface area contributed by atoms with Crippen LogP contribution in [0.1, 0.15) is 59.7 Å². The lowest BCUT2D eigenvalue weighted by molar-refractivity contribution is -0.119. The van der Waals surface area contributed by atoms with Crippen molar-refractivity contribution in [3.05, 3.63) is 86.7 Å². The van der Waals surface area contributed by atoms with Gasteiger partial charge in [-0.3, -0.25) is 14.5 Å². The molecular weight excluding hydrogens is 585 g/mol. The number of anilines is 3. The van der Waals surface area contributed by atoms with Gasteiger partial charge in [-0.15, -0.1) is 0 Å². The van der Waals surface area contributed by atoms with Crippen LogP contribution in [0.3, 0.4) is 0 Å². The number of methoxy groups -OCH3 is 1. The molecule has 1 aromatic heterocycles. The summed E-state index contributed by atoms with van der Waals surface area (Å²) >= 11 is 12.8. The van der Waals surface area contributed by atoms with E-state index in [0.29, 0.717) is 44.3 Å². The van der Waals surface area contributed by atoms with E-state index in [2.05, 4.69) is 23.2 Å². The van der Waals surface area contributed by atoms with Gasteiger partial charge in [0, 0.05) is 53.2 Å². The fraction of sp³-hybridized carbons (Fsp3) is 0.303. The van der Waals surface area contributed by atoms with Crippen molar-refractivity contribution in [1.29, 1.82) is 0 Å². The van der Waals surface area contributed by atoms with Gasteiger partial charge < -0.3 is 19.5 Å². The maximum absolute atomic E-state index is 14.6. The summed E-state index contributed by atoms with van der Waals surface area (Å²) < 4.78 is 7.90. The van der Waals surface area contributed by atoms with Crippen LogP contribution in [-0.2, 0) is 16.8 Å². The second-order valence-electron chi connectivity index (χ2n) is 11.5. The molecule has 1 unspecified atom stereocenters. The molecule has 2 aliphatic heterocycles. The number of carbonyl (C=O) groups is 2. The van der Waals surface area contributed by atoms with Crippen LogP contribution in [0.2, 0.25) is 10.0 Å². The van der Waals surface area contributed by atoms with Crippen LogP contribution in [0, 0.1) is 6.92 Å². The lowest BCUT2D eigenvalue weighted by Gasteiger charge is -2.36. The third-order valence-electron chi connectivity index (χ3n) is 8.38. The number of carbonyl (C=O) groups excluding carboxylic acids is 2. The highest BCUT2D eigenvalue weighted by atomic mass is 35.5. The van der Waals surface area contributed by atoms with E-state index in [4.69, 9.17) is 32.9 Å². The summed E-state index contributed by atoms with van der Waals surface area (Å²) in [6.45, 7) is 8.04. The minimum atomic E-state index is -1.55. The fourth-order valence-electron chi connectivity index (χ4n) is 6.48. The number of benzene rings is 3. The number of aromatic nitrogens is 2. The number of nitrogens with one attached hydrogen (secondary N) is 1. The number of imidazole rings is 1. The van der Waals surface area contributed by atoms with Gasteiger partial charge in [-0.2, -0.15) is 0 Å². The minimum Gasteiger partial charge on any atom is -0.496 e. The van der Waals surface area contributed by atoms with Gasteiger partial charge in [-0.1, -0.05) is 42.3 Å². The van der Waals surface area contributed by atoms with Crippen molar-refractivity contribution in [2.75, 3.05) is 36.3 Å². The molecule has 10 heteroatoms. The first-order chi connectivity index (χ1) is 20.4. The molecule has 0 fully saturated rings. The van der Waals surface area contributed by atoms with E-state index >= 15 is 0 Å². The lowest BCUT2D eigenvalue weighted by atomic mass is 9.86. The maximum atomic E-state index is 14.6. The highest BCUT2D eigenvalue weighted by Crippen LogP contribution is 2.55. The Morgan fingerprint density at radius 2 is 1.74 bits per heavy atom. The zero-order valence-corrected chi connectivity index (χ0v) is 26.7. The van der Waals surface area contributed by atoms with Gasteiger partial charge in [0.05, 0.1) is 24.1 Å². The summed E-state index contributed by atoms with van der Waals surface area (Å²) in [7, 11) is 5.61. The van der Waals surface area contributed by atoms with Crippen molar-refractivity contribution < 1.29 is 14.3 Å². The molecule has 2 aliphatic rings. The number of fused-ring (bicyclic) bond motifs is 4. The van der Waals surface area contributed by atoms with E-state index in [1.54, 1.807) is 36.3 Å². The van der Waals surface area contributed by atoms with E-state index in [-0.39, 0.29) is 17.6 Å². The van der Waals surface area contributed by atoms with Crippen LogP contribution >= 0.6 is 23.2 Å². The van der Waals surface area contributed by atoms with Crippen molar-refractivity contribution in [2.24, 2.45) is 0 Å². The summed E-state index contributed by atoms with van der Waals surface area (Å²) in [6, 6.07) is 14.5. The molecule has 1 N–H and O–H groups in total. The molecule has 3 heterocycles. The first-order valence-corrected chi connectivity index (χ1v) is 14.9. The van der Waals surface area contributed by atoms with Crippen LogP contribution in [0.25, 0.3) is 11.4 Å². The number of amides is 2. The Morgan fingerprint density at radius 1 is 1.05 bits per heavy atom. The van der Waals surface area contributed by atoms with Crippen molar-refractivity contribution >= 4 is 52.1 Å². The molecule has 0 saturated heterocycles. The van der Waals surface area contributed by atoms with Gasteiger partial charge in [0.15, 0.2) is 11.2 Å². The number of ether oxygens (including phenoxy) is 1. The van der Waals surface area contributed by atoms with Crippen LogP contribution in [0.5, 0.6) is 5.75 Å². The smallest absolute Gasteiger partial charge is 0.280 e. The predicted molar refractivity (Wildman–Crippen MR) is 172 cm³/mol. The first-order valence-electron chi connectivity index (χ1n) is 14.2. The Bertz CT molecular complexity index is 1830. The second-order valence-corrected chi connectivity index (χ2v) is 12.3. The monoisotopic (exact) mass is 617 g/mol. The van der Waals surface area contributed by atoms with Crippen LogP contribution in [0.4, 0.5) is 17.1 Å². The molecule has 222 valence electrons. The Hall–Kier alpha value is -4.01. The second kappa shape index (κ2) is 10.3. The molecular formula is C33H33Cl2N5O3. The Balaban J connectivity index is 1.73. The minimum absolute atomic E-state index is 0.177. The number of rotatable bonds is 6. The van der Waals surface area contributed by atoms with Crippen LogP contribution in [-0.4, -0.2) is 42.6 Å². The summed E-state index contributed by atoms with van der Waals surface area (Å²) in [5.41, 5.74) is 4.53. The summed E-state index contributed by atoms with van der Waals surface area (Å²) in [5.74, 6) is 0.424. The number of hydrogen-bond acceptors (Lipinski definition) is 5. The molecule has 8 nitrogen and oxygen atoms in total. The van der Waals surface area contributed by atoms with Crippen LogP contribution in [0.15, 0.2) is 48.5 Å². The average molecular weight is 619 g/mol. The molecule has 0 radical (unpaired) electrons. The number of hydrogen-bond donors (Lipinski definition) is 1. The predicted octanol–water partition coefficient (Wildman–Crippen LogP) is 7.24. The van der Waals surface area contributed by atoms with Gasteiger partial charge in [-0.25, -0.2) is 4.98 Å². The molecule has 0 saturated carbocycles. The highest BCUT2D eigenvalue weighted by molar-refractivity contribution is 6.32. The van der Waals surface area contributed by atoms with Crippen molar-refractivity contribution in [3.63, 3.8) is 0 Å². The summed E-state index contributed by atoms with van der Waals surface area (Å²) in [5, 5.41) is 3.95. The highest BCUT2D eigenvalue weighted by Gasteiger charge is 2.64. The Kier molecular flexibility index (Phi) is 6.98. The summed E-state index contributed by atoms with van der Waals surface area (Å²) in [6.07, 6.45) is 0.786. The third-order valence-corrected chi connectivity index (χ3v) is 8.85. The van der Waals surface area contributed by atoms with Crippen molar-refractivity contribution in [3.8, 4) is 17.1 Å². The van der Waals surface area contributed by atoms with Gasteiger partial charge >= 0.3 is 0 Å². The maximum Gasteiger partial charge on any atom is 0.280 e. The topological polar surface area (TPSA) is 79.7 Å². The number of nitrogens with zero attached hydrogens (tertiary/aromatic N) is 4. The quantitative estimate of drug-likeness (QED) is 0.247. The molecule has 4 aromatic rings. The van der Waals surface area contributed by atoms with Gasteiger partial charge in [-0.05, 0) is 68.7 Å². The molecule has 0 bridgehead atoms. The lowest BCUT2D eigenvalue weighted by Crippen LogP contribution is -2.51. The molecule has 6 rings (SSSR count). The summed E-state index contributed by atoms with van der Waals surface area (Å²) in [4.78, 5) is 37.7. The normalized spacial score (nSPS) is 17.1. The van der Waals surface area contributed by atoms with Crippen LogP contribution < -0.4 is 19.9 Å². The molecule has 1 atom stereocenters. The molecule has 2 amide bonds. The average Bonchev–Trinajstić information content (AvgIpc) is 3.57. The zero-order valence-electron chi connectivity index (χ0n) is 25.2. The fourth-order valence-corrected chi connectivity index (χ4v) is 6.82. The number of halogens is 2.